The molecule has 0 aliphatic carbocycles. The Kier molecular flexibility index (Phi) is 41.1. The summed E-state index contributed by atoms with van der Waals surface area (Å²) in [5.74, 6) is 0. The summed E-state index contributed by atoms with van der Waals surface area (Å²) < 4.78 is 0. The van der Waals surface area contributed by atoms with E-state index in [0.29, 0.717) is 0 Å². The Morgan fingerprint density at radius 1 is 0.440 bits per heavy atom. The van der Waals surface area contributed by atoms with Gasteiger partial charge in [-0.05, 0) is 11.1 Å². The molecule has 2 aromatic rings. The molecule has 0 amide bonds. The van der Waals surface area contributed by atoms with Crippen LogP contribution in [0.2, 0.25) is 0 Å². The van der Waals surface area contributed by atoms with Gasteiger partial charge in [-0.15, -0.1) is 37.6 Å². The van der Waals surface area contributed by atoms with Gasteiger partial charge >= 0.3 is 37.7 Å². The zero-order chi connectivity index (χ0) is 36.7. The van der Waals surface area contributed by atoms with E-state index in [-0.39, 0.29) is 37.7 Å². The number of nitrogens with zero attached hydrogens (tertiary/aromatic N) is 2. The molecule has 6 N–H and O–H groups in total. The standard InChI is InChI=1S/2C11H14N.2C9H23N3.2Li/c2*1-3-9-12-10(2)11-7-5-4-6-8-11;2*1-10(2)6-8-12(5)9-7-11(3)4;;/h2*4-8H,2-3,9H2,1H3;2*6-9H2,1-5H3;;/q2*-1;;;2*+1/p+6. The average molecular weight is 687 g/mol. The zero-order valence-electron chi connectivity index (χ0n) is 35.6. The van der Waals surface area contributed by atoms with Crippen molar-refractivity contribution in [2.24, 2.45) is 0 Å². The van der Waals surface area contributed by atoms with Crippen molar-refractivity contribution < 1.29 is 67.1 Å². The third-order valence-electron chi connectivity index (χ3n) is 7.47. The summed E-state index contributed by atoms with van der Waals surface area (Å²) in [6.45, 7) is 24.0. The minimum atomic E-state index is 0. The van der Waals surface area contributed by atoms with Crippen LogP contribution in [0.15, 0.2) is 73.8 Å². The van der Waals surface area contributed by atoms with E-state index in [9.17, 15) is 0 Å². The van der Waals surface area contributed by atoms with Crippen LogP contribution in [0.4, 0.5) is 0 Å². The van der Waals surface area contributed by atoms with Crippen molar-refractivity contribution >= 4 is 11.4 Å². The maximum atomic E-state index is 4.32. The van der Waals surface area contributed by atoms with Crippen LogP contribution in [-0.4, -0.2) is 136 Å². The number of hydrogen-bond donors (Lipinski definition) is 6. The summed E-state index contributed by atoms with van der Waals surface area (Å²) in [5.41, 5.74) is 4.01. The first kappa shape index (κ1) is 55.2. The first-order chi connectivity index (χ1) is 22.7. The molecule has 0 spiro atoms. The molecule has 0 bridgehead atoms. The monoisotopic (exact) mass is 687 g/mol. The van der Waals surface area contributed by atoms with Gasteiger partial charge < -0.3 is 40.0 Å². The van der Waals surface area contributed by atoms with Gasteiger partial charge in [0, 0.05) is 0 Å². The number of quaternary nitrogens is 6. The van der Waals surface area contributed by atoms with Gasteiger partial charge in [0.25, 0.3) is 0 Å². The predicted octanol–water partition coefficient (Wildman–Crippen LogP) is -7.53. The number of rotatable bonds is 20. The van der Waals surface area contributed by atoms with Crippen LogP contribution in [0.5, 0.6) is 0 Å². The van der Waals surface area contributed by atoms with E-state index in [0.717, 1.165) is 48.5 Å². The Morgan fingerprint density at radius 2 is 0.680 bits per heavy atom. The minimum absolute atomic E-state index is 0. The SMILES string of the molecule is C=C([N-]CCC)c1ccccc1.C=C([N-]CCC)c1ccccc1.C[NH+](C)CC[NH+](C)CC[NH+](C)C.C[NH+](C)CC[NH+](C)CC[NH+](C)C.[Li+].[Li+]. The van der Waals surface area contributed by atoms with Crippen LogP contribution >= 0.6 is 0 Å². The van der Waals surface area contributed by atoms with Crippen molar-refractivity contribution in [1.82, 2.24) is 0 Å². The second-order valence-electron chi connectivity index (χ2n) is 14.1. The maximum Gasteiger partial charge on any atom is 1.00 e. The van der Waals surface area contributed by atoms with Crippen molar-refractivity contribution in [1.29, 1.82) is 0 Å². The summed E-state index contributed by atoms with van der Waals surface area (Å²) in [4.78, 5) is 9.49. The van der Waals surface area contributed by atoms with Crippen LogP contribution < -0.4 is 67.1 Å². The van der Waals surface area contributed by atoms with Gasteiger partial charge in [-0.3, -0.25) is 0 Å². The van der Waals surface area contributed by atoms with Crippen molar-refractivity contribution in [2.75, 3.05) is 136 Å². The van der Waals surface area contributed by atoms with Crippen molar-refractivity contribution in [3.05, 3.63) is 95.6 Å². The van der Waals surface area contributed by atoms with Crippen LogP contribution in [0.1, 0.15) is 37.8 Å². The van der Waals surface area contributed by atoms with Crippen LogP contribution in [0.3, 0.4) is 0 Å². The summed E-state index contributed by atoms with van der Waals surface area (Å²) in [6.07, 6.45) is 2.15. The molecule has 2 aromatic carbocycles. The summed E-state index contributed by atoms with van der Waals surface area (Å²) >= 11 is 0. The Labute approximate surface area is 335 Å². The summed E-state index contributed by atoms with van der Waals surface area (Å²) in [6, 6.07) is 20.1. The van der Waals surface area contributed by atoms with E-state index in [1.165, 1.54) is 52.4 Å². The molecule has 0 saturated carbocycles. The first-order valence-electron chi connectivity index (χ1n) is 18.4. The molecule has 276 valence electrons. The fourth-order valence-corrected chi connectivity index (χ4v) is 4.04. The minimum Gasteiger partial charge on any atom is -0.684 e. The first-order valence-corrected chi connectivity index (χ1v) is 18.4. The van der Waals surface area contributed by atoms with Gasteiger partial charge in [-0.1, -0.05) is 87.4 Å². The van der Waals surface area contributed by atoms with E-state index < -0.39 is 0 Å². The Morgan fingerprint density at radius 3 is 0.880 bits per heavy atom. The Hall–Kier alpha value is -1.53. The molecule has 50 heavy (non-hydrogen) atoms. The van der Waals surface area contributed by atoms with Gasteiger partial charge in [-0.25, -0.2) is 0 Å². The maximum absolute atomic E-state index is 4.32. The molecular formula is C40H80Li2N8+6. The third kappa shape index (κ3) is 37.7. The molecule has 8 nitrogen and oxygen atoms in total. The summed E-state index contributed by atoms with van der Waals surface area (Å²) in [5, 5.41) is 8.64. The van der Waals surface area contributed by atoms with Crippen molar-refractivity contribution in [3.8, 4) is 0 Å². The van der Waals surface area contributed by atoms with E-state index in [4.69, 9.17) is 0 Å². The van der Waals surface area contributed by atoms with E-state index >= 15 is 0 Å². The van der Waals surface area contributed by atoms with Gasteiger partial charge in [0.2, 0.25) is 0 Å². The van der Waals surface area contributed by atoms with Crippen molar-refractivity contribution in [2.45, 2.75) is 26.7 Å². The fraction of sp³-hybridized carbons (Fsp3) is 0.600. The molecule has 0 aliphatic rings. The fourth-order valence-electron chi connectivity index (χ4n) is 4.04. The van der Waals surface area contributed by atoms with Gasteiger partial charge in [0.1, 0.15) is 52.4 Å². The molecule has 0 aliphatic heterocycles. The smallest absolute Gasteiger partial charge is 0.684 e. The van der Waals surface area contributed by atoms with Crippen LogP contribution in [0.25, 0.3) is 22.0 Å². The molecule has 0 heterocycles. The van der Waals surface area contributed by atoms with E-state index in [1.54, 1.807) is 29.4 Å². The second-order valence-corrected chi connectivity index (χ2v) is 14.1. The average Bonchev–Trinajstić information content (AvgIpc) is 3.07. The third-order valence-corrected chi connectivity index (χ3v) is 7.47. The second kappa shape index (κ2) is 37.2. The van der Waals surface area contributed by atoms with Gasteiger partial charge in [-0.2, -0.15) is 0 Å². The van der Waals surface area contributed by atoms with Gasteiger partial charge in [0.15, 0.2) is 0 Å². The molecule has 0 radical (unpaired) electrons. The zero-order valence-corrected chi connectivity index (χ0v) is 35.6. The van der Waals surface area contributed by atoms with E-state index in [2.05, 4.69) is 108 Å². The molecule has 0 aromatic heterocycles. The van der Waals surface area contributed by atoms with Gasteiger partial charge in [0.05, 0.1) is 70.5 Å². The molecule has 0 saturated heterocycles. The number of nitrogens with one attached hydrogen (secondary N) is 6. The molecular weight excluding hydrogens is 606 g/mol. The molecule has 10 heteroatoms. The Bertz CT molecular complexity index is 899. The van der Waals surface area contributed by atoms with Crippen LogP contribution in [0, 0.1) is 0 Å². The number of likely N-dealkylation sites (N-methyl/N-ethyl adjacent to an activating group) is 6. The predicted molar refractivity (Wildman–Crippen MR) is 212 cm³/mol. The topological polar surface area (TPSA) is 54.8 Å². The Balaban J connectivity index is -0.000000278. The normalized spacial score (nSPS) is 10.3. The number of benzene rings is 2. The molecule has 2 rings (SSSR count). The quantitative estimate of drug-likeness (QED) is 0.0752. The molecule has 0 unspecified atom stereocenters. The van der Waals surface area contributed by atoms with E-state index in [1.807, 2.05) is 60.7 Å². The van der Waals surface area contributed by atoms with Crippen LogP contribution in [-0.2, 0) is 0 Å². The number of hydrogen-bond acceptors (Lipinski definition) is 0. The molecule has 0 fully saturated rings. The summed E-state index contributed by atoms with van der Waals surface area (Å²) in [7, 11) is 22.3. The largest absolute Gasteiger partial charge is 1.00 e. The molecule has 0 atom stereocenters. The van der Waals surface area contributed by atoms with Crippen molar-refractivity contribution in [3.63, 3.8) is 0 Å².